The molecule has 8 nitrogen and oxygen atoms in total. The molecule has 4 aromatic rings. The normalized spacial score (nSPS) is 14.2. The standard InChI is InChI=1S/C27H22ClF3N6O2/c1-15(16-4-6-18(7-5-16)36-10-2-3-23(36)38)37-14-17(11-33-37)34-27(39)22-13-32-12-21(35-22)24-19(26(30)31)8-9-20(28)25(24)29/h4-9,11-15,26H,2-3,10H2,1H3,(H,34,39). The number of carbonyl (C=O) groups excluding carboxylic acids is 2. The average molecular weight is 555 g/mol. The van der Waals surface area contributed by atoms with E-state index in [9.17, 15) is 22.8 Å². The number of anilines is 2. The molecule has 1 fully saturated rings. The third kappa shape index (κ3) is 5.35. The maximum absolute atomic E-state index is 14.7. The maximum atomic E-state index is 14.7. The number of aromatic nitrogens is 4. The number of amides is 2. The molecular weight excluding hydrogens is 533 g/mol. The van der Waals surface area contributed by atoms with E-state index in [1.165, 1.54) is 6.20 Å². The van der Waals surface area contributed by atoms with Crippen molar-refractivity contribution in [1.82, 2.24) is 19.7 Å². The Kier molecular flexibility index (Phi) is 7.34. The fourth-order valence-corrected chi connectivity index (χ4v) is 4.58. The van der Waals surface area contributed by atoms with E-state index < -0.39 is 29.3 Å². The Morgan fingerprint density at radius 3 is 2.56 bits per heavy atom. The van der Waals surface area contributed by atoms with Crippen molar-refractivity contribution in [2.24, 2.45) is 0 Å². The van der Waals surface area contributed by atoms with E-state index in [-0.39, 0.29) is 28.4 Å². The summed E-state index contributed by atoms with van der Waals surface area (Å²) in [6.07, 6.45) is 3.73. The van der Waals surface area contributed by atoms with E-state index in [2.05, 4.69) is 20.4 Å². The molecule has 2 aromatic carbocycles. The Hall–Kier alpha value is -4.25. The number of hydrogen-bond donors (Lipinski definition) is 1. The molecule has 0 radical (unpaired) electrons. The van der Waals surface area contributed by atoms with Gasteiger partial charge in [0.15, 0.2) is 5.82 Å². The molecule has 12 heteroatoms. The Morgan fingerprint density at radius 2 is 1.87 bits per heavy atom. The highest BCUT2D eigenvalue weighted by atomic mass is 35.5. The van der Waals surface area contributed by atoms with Crippen LogP contribution in [0.4, 0.5) is 24.5 Å². The largest absolute Gasteiger partial charge is 0.318 e. The summed E-state index contributed by atoms with van der Waals surface area (Å²) in [4.78, 5) is 34.6. The van der Waals surface area contributed by atoms with Gasteiger partial charge in [0.05, 0.1) is 41.0 Å². The summed E-state index contributed by atoms with van der Waals surface area (Å²) in [7, 11) is 0. The number of carbonyl (C=O) groups is 2. The Morgan fingerprint density at radius 1 is 1.10 bits per heavy atom. The van der Waals surface area contributed by atoms with Gasteiger partial charge in [-0.15, -0.1) is 0 Å². The van der Waals surface area contributed by atoms with Gasteiger partial charge < -0.3 is 10.2 Å². The Balaban J connectivity index is 1.31. The van der Waals surface area contributed by atoms with Gasteiger partial charge >= 0.3 is 0 Å². The van der Waals surface area contributed by atoms with Crippen LogP contribution in [0.2, 0.25) is 5.02 Å². The van der Waals surface area contributed by atoms with E-state index in [1.807, 2.05) is 31.2 Å². The molecule has 5 rings (SSSR count). The Bertz CT molecular complexity index is 1540. The first-order valence-electron chi connectivity index (χ1n) is 12.1. The van der Waals surface area contributed by atoms with E-state index in [0.717, 1.165) is 42.2 Å². The predicted octanol–water partition coefficient (Wildman–Crippen LogP) is 6.06. The molecule has 1 saturated heterocycles. The highest BCUT2D eigenvalue weighted by molar-refractivity contribution is 6.31. The summed E-state index contributed by atoms with van der Waals surface area (Å²) in [5.41, 5.74) is 0.578. The van der Waals surface area contributed by atoms with Crippen molar-refractivity contribution in [2.75, 3.05) is 16.8 Å². The molecule has 0 spiro atoms. The number of nitrogens with one attached hydrogen (secondary N) is 1. The lowest BCUT2D eigenvalue weighted by Gasteiger charge is -2.18. The van der Waals surface area contributed by atoms with Crippen molar-refractivity contribution >= 4 is 34.8 Å². The van der Waals surface area contributed by atoms with Gasteiger partial charge in [-0.1, -0.05) is 29.8 Å². The van der Waals surface area contributed by atoms with E-state index in [1.54, 1.807) is 15.8 Å². The molecule has 39 heavy (non-hydrogen) atoms. The van der Waals surface area contributed by atoms with Crippen molar-refractivity contribution in [2.45, 2.75) is 32.2 Å². The molecule has 0 bridgehead atoms. The zero-order valence-electron chi connectivity index (χ0n) is 20.6. The molecule has 1 N–H and O–H groups in total. The second-order valence-corrected chi connectivity index (χ2v) is 9.40. The van der Waals surface area contributed by atoms with E-state index >= 15 is 0 Å². The second kappa shape index (κ2) is 10.9. The SMILES string of the molecule is CC(c1ccc(N2CCCC2=O)cc1)n1cc(NC(=O)c2cncc(-c3c(C(F)F)ccc(Cl)c3F)n2)cn1. The number of halogens is 4. The van der Waals surface area contributed by atoms with Crippen LogP contribution in [0.5, 0.6) is 0 Å². The van der Waals surface area contributed by atoms with Crippen molar-refractivity contribution in [3.63, 3.8) is 0 Å². The van der Waals surface area contributed by atoms with Crippen molar-refractivity contribution in [3.05, 3.63) is 88.8 Å². The molecule has 2 amide bonds. The number of hydrogen-bond acceptors (Lipinski definition) is 5. The van der Waals surface area contributed by atoms with Gasteiger partial charge in [-0.25, -0.2) is 18.2 Å². The van der Waals surface area contributed by atoms with Gasteiger partial charge in [0.25, 0.3) is 12.3 Å². The summed E-state index contributed by atoms with van der Waals surface area (Å²) in [5.74, 6) is -1.64. The quantitative estimate of drug-likeness (QED) is 0.300. The van der Waals surface area contributed by atoms with Crippen LogP contribution < -0.4 is 10.2 Å². The van der Waals surface area contributed by atoms with E-state index in [4.69, 9.17) is 11.6 Å². The first-order chi connectivity index (χ1) is 18.7. The van der Waals surface area contributed by atoms with Crippen LogP contribution >= 0.6 is 11.6 Å². The van der Waals surface area contributed by atoms with Gasteiger partial charge in [-0.3, -0.25) is 19.3 Å². The minimum Gasteiger partial charge on any atom is -0.318 e. The highest BCUT2D eigenvalue weighted by Crippen LogP contribution is 2.35. The number of nitrogens with zero attached hydrogens (tertiary/aromatic N) is 5. The molecule has 200 valence electrons. The van der Waals surface area contributed by atoms with Crippen molar-refractivity contribution in [3.8, 4) is 11.3 Å². The summed E-state index contributed by atoms with van der Waals surface area (Å²) in [6.45, 7) is 2.65. The van der Waals surface area contributed by atoms with Gasteiger partial charge in [-0.05, 0) is 37.1 Å². The number of rotatable bonds is 7. The minimum absolute atomic E-state index is 0.116. The molecule has 1 unspecified atom stereocenters. The zero-order chi connectivity index (χ0) is 27.7. The van der Waals surface area contributed by atoms with Crippen molar-refractivity contribution < 1.29 is 22.8 Å². The van der Waals surface area contributed by atoms with Crippen molar-refractivity contribution in [1.29, 1.82) is 0 Å². The van der Waals surface area contributed by atoms with E-state index in [0.29, 0.717) is 18.7 Å². The minimum atomic E-state index is -2.99. The highest BCUT2D eigenvalue weighted by Gasteiger charge is 2.24. The third-order valence-corrected chi connectivity index (χ3v) is 6.79. The topological polar surface area (TPSA) is 93.0 Å². The smallest absolute Gasteiger partial charge is 0.275 e. The summed E-state index contributed by atoms with van der Waals surface area (Å²) in [5, 5.41) is 6.61. The lowest BCUT2D eigenvalue weighted by molar-refractivity contribution is -0.117. The maximum Gasteiger partial charge on any atom is 0.275 e. The average Bonchev–Trinajstić information content (AvgIpc) is 3.58. The lowest BCUT2D eigenvalue weighted by atomic mass is 10.0. The van der Waals surface area contributed by atoms with Gasteiger partial charge in [0.1, 0.15) is 5.69 Å². The lowest BCUT2D eigenvalue weighted by Crippen LogP contribution is -2.23. The van der Waals surface area contributed by atoms with Crippen LogP contribution in [0.1, 0.15) is 53.8 Å². The van der Waals surface area contributed by atoms with Crippen LogP contribution in [0.25, 0.3) is 11.3 Å². The summed E-state index contributed by atoms with van der Waals surface area (Å²) >= 11 is 5.79. The zero-order valence-corrected chi connectivity index (χ0v) is 21.4. The number of alkyl halides is 2. The number of benzene rings is 2. The van der Waals surface area contributed by atoms with Crippen LogP contribution in [0.15, 0.2) is 61.2 Å². The first kappa shape index (κ1) is 26.4. The van der Waals surface area contributed by atoms with Crippen LogP contribution in [-0.4, -0.2) is 38.1 Å². The first-order valence-corrected chi connectivity index (χ1v) is 12.4. The molecule has 3 heterocycles. The fourth-order valence-electron chi connectivity index (χ4n) is 4.42. The predicted molar refractivity (Wildman–Crippen MR) is 139 cm³/mol. The summed E-state index contributed by atoms with van der Waals surface area (Å²) < 4.78 is 43.3. The molecule has 1 aliphatic rings. The van der Waals surface area contributed by atoms with Gasteiger partial charge in [-0.2, -0.15) is 5.10 Å². The molecule has 0 saturated carbocycles. The van der Waals surface area contributed by atoms with Crippen LogP contribution in [-0.2, 0) is 4.79 Å². The van der Waals surface area contributed by atoms with Gasteiger partial charge in [0.2, 0.25) is 5.91 Å². The molecular formula is C27H22ClF3N6O2. The third-order valence-electron chi connectivity index (χ3n) is 6.50. The molecule has 2 aromatic heterocycles. The van der Waals surface area contributed by atoms with Crippen LogP contribution in [0.3, 0.4) is 0 Å². The molecule has 1 aliphatic heterocycles. The van der Waals surface area contributed by atoms with Crippen LogP contribution in [0, 0.1) is 5.82 Å². The molecule has 0 aliphatic carbocycles. The fraction of sp³-hybridized carbons (Fsp3) is 0.222. The molecule has 1 atom stereocenters. The Labute approximate surface area is 226 Å². The second-order valence-electron chi connectivity index (χ2n) is 9.00. The summed E-state index contributed by atoms with van der Waals surface area (Å²) in [6, 6.07) is 9.51. The van der Waals surface area contributed by atoms with Gasteiger partial charge in [0, 0.05) is 36.0 Å². The monoisotopic (exact) mass is 554 g/mol.